The molecule has 1 heterocycles. The van der Waals surface area contributed by atoms with Crippen molar-refractivity contribution < 1.29 is 29.6 Å². The van der Waals surface area contributed by atoms with Gasteiger partial charge in [0, 0.05) is 10.9 Å². The van der Waals surface area contributed by atoms with E-state index in [1.54, 1.807) is 6.07 Å². The topological polar surface area (TPSA) is 128 Å². The number of carboxylic acids is 1. The standard InChI is InChI=1S/C20H18O7/c21-13-7-5-11-15(9-3-1-2-4-10(9)20(25)26)12-6-8-14(22)17(24)19(12)27-18(11)16(13)23/h5-10,21,23-24H,1-4H2,(H,25,26)/t9-,10+/m1/s1. The number of benzene rings is 2. The third-order valence-electron chi connectivity index (χ3n) is 5.44. The average Bonchev–Trinajstić information content (AvgIpc) is 2.66. The quantitative estimate of drug-likeness (QED) is 0.402. The summed E-state index contributed by atoms with van der Waals surface area (Å²) in [4.78, 5) is 23.7. The van der Waals surface area contributed by atoms with E-state index in [4.69, 9.17) is 4.42 Å². The predicted molar refractivity (Wildman–Crippen MR) is 96.4 cm³/mol. The second-order valence-electron chi connectivity index (χ2n) is 6.95. The Bertz CT molecular complexity index is 1080. The number of carbonyl (C=O) groups is 1. The molecule has 0 saturated heterocycles. The Kier molecular flexibility index (Phi) is 3.95. The molecule has 4 N–H and O–H groups in total. The van der Waals surface area contributed by atoms with Gasteiger partial charge < -0.3 is 24.8 Å². The van der Waals surface area contributed by atoms with Crippen LogP contribution < -0.4 is 5.43 Å². The molecule has 0 bridgehead atoms. The zero-order valence-electron chi connectivity index (χ0n) is 14.3. The zero-order valence-corrected chi connectivity index (χ0v) is 14.3. The summed E-state index contributed by atoms with van der Waals surface area (Å²) in [5.41, 5.74) is 0.300. The van der Waals surface area contributed by atoms with Gasteiger partial charge in [-0.05, 0) is 48.6 Å². The average molecular weight is 370 g/mol. The fourth-order valence-electron chi connectivity index (χ4n) is 4.16. The van der Waals surface area contributed by atoms with Gasteiger partial charge in [-0.1, -0.05) is 12.8 Å². The number of fused-ring (bicyclic) bond motifs is 2. The minimum atomic E-state index is -0.908. The maximum atomic E-state index is 11.9. The first-order chi connectivity index (χ1) is 12.9. The van der Waals surface area contributed by atoms with Gasteiger partial charge in [-0.2, -0.15) is 0 Å². The van der Waals surface area contributed by atoms with E-state index in [1.807, 2.05) is 0 Å². The molecule has 4 rings (SSSR count). The van der Waals surface area contributed by atoms with Crippen LogP contribution in [-0.2, 0) is 4.79 Å². The van der Waals surface area contributed by atoms with Crippen LogP contribution in [0.4, 0.5) is 0 Å². The summed E-state index contributed by atoms with van der Waals surface area (Å²) < 4.78 is 5.59. The van der Waals surface area contributed by atoms with E-state index in [9.17, 15) is 30.0 Å². The fraction of sp³-hybridized carbons (Fsp3) is 0.300. The molecular weight excluding hydrogens is 352 g/mol. The first kappa shape index (κ1) is 17.2. The van der Waals surface area contributed by atoms with Crippen molar-refractivity contribution in [2.75, 3.05) is 0 Å². The number of phenols is 3. The number of phenolic OH excluding ortho intramolecular Hbond substituents is 3. The van der Waals surface area contributed by atoms with E-state index >= 15 is 0 Å². The van der Waals surface area contributed by atoms with Gasteiger partial charge in [0.15, 0.2) is 17.1 Å². The molecule has 0 aromatic heterocycles. The van der Waals surface area contributed by atoms with Crippen molar-refractivity contribution in [3.05, 3.63) is 40.1 Å². The lowest BCUT2D eigenvalue weighted by atomic mass is 9.73. The fourth-order valence-corrected chi connectivity index (χ4v) is 4.16. The lowest BCUT2D eigenvalue weighted by Crippen LogP contribution is -2.26. The van der Waals surface area contributed by atoms with Crippen LogP contribution in [0.3, 0.4) is 0 Å². The number of rotatable bonds is 2. The molecule has 1 fully saturated rings. The van der Waals surface area contributed by atoms with Gasteiger partial charge in [-0.25, -0.2) is 0 Å². The molecule has 27 heavy (non-hydrogen) atoms. The first-order valence-corrected chi connectivity index (χ1v) is 8.76. The van der Waals surface area contributed by atoms with E-state index in [-0.39, 0.29) is 17.3 Å². The van der Waals surface area contributed by atoms with E-state index in [2.05, 4.69) is 0 Å². The minimum absolute atomic E-state index is 0.0897. The van der Waals surface area contributed by atoms with Crippen molar-refractivity contribution in [1.29, 1.82) is 0 Å². The lowest BCUT2D eigenvalue weighted by molar-refractivity contribution is -0.143. The van der Waals surface area contributed by atoms with Gasteiger partial charge in [0.2, 0.25) is 16.9 Å². The Morgan fingerprint density at radius 2 is 1.74 bits per heavy atom. The summed E-state index contributed by atoms with van der Waals surface area (Å²) in [6, 6.07) is 5.58. The highest BCUT2D eigenvalue weighted by atomic mass is 16.4. The SMILES string of the molecule is O=C(O)[C@H]1CCCC[C@H]1c1c2ccc(=O)c(O)c-2oc2c(O)c(O)ccc12. The van der Waals surface area contributed by atoms with Gasteiger partial charge in [0.1, 0.15) is 0 Å². The van der Waals surface area contributed by atoms with Crippen LogP contribution in [0.1, 0.15) is 37.2 Å². The van der Waals surface area contributed by atoms with Gasteiger partial charge in [-0.3, -0.25) is 9.59 Å². The van der Waals surface area contributed by atoms with Gasteiger partial charge >= 0.3 is 5.97 Å². The minimum Gasteiger partial charge on any atom is -0.504 e. The molecule has 1 aliphatic heterocycles. The van der Waals surface area contributed by atoms with Crippen LogP contribution >= 0.6 is 0 Å². The van der Waals surface area contributed by atoms with Crippen molar-refractivity contribution in [3.8, 4) is 28.6 Å². The molecule has 1 aromatic carbocycles. The van der Waals surface area contributed by atoms with Gasteiger partial charge in [0.25, 0.3) is 0 Å². The van der Waals surface area contributed by atoms with Crippen LogP contribution in [0.5, 0.6) is 17.2 Å². The van der Waals surface area contributed by atoms with Gasteiger partial charge in [0.05, 0.1) is 5.92 Å². The van der Waals surface area contributed by atoms with E-state index in [1.165, 1.54) is 18.2 Å². The molecule has 1 saturated carbocycles. The lowest BCUT2D eigenvalue weighted by Gasteiger charge is -2.31. The van der Waals surface area contributed by atoms with Crippen molar-refractivity contribution in [2.45, 2.75) is 31.6 Å². The van der Waals surface area contributed by atoms with E-state index in [0.29, 0.717) is 29.4 Å². The molecule has 2 aliphatic carbocycles. The number of hydrogen-bond acceptors (Lipinski definition) is 6. The second kappa shape index (κ2) is 6.19. The third-order valence-corrected chi connectivity index (χ3v) is 5.44. The van der Waals surface area contributed by atoms with Crippen LogP contribution in [0, 0.1) is 5.92 Å². The number of carboxylic acid groups (broad SMARTS) is 1. The molecule has 2 atom stereocenters. The molecule has 7 heteroatoms. The monoisotopic (exact) mass is 370 g/mol. The Morgan fingerprint density at radius 1 is 1.00 bits per heavy atom. The van der Waals surface area contributed by atoms with E-state index < -0.39 is 34.6 Å². The summed E-state index contributed by atoms with van der Waals surface area (Å²) >= 11 is 0. The number of aliphatic carboxylic acids is 1. The van der Waals surface area contributed by atoms with Crippen molar-refractivity contribution in [3.63, 3.8) is 0 Å². The number of hydrogen-bond donors (Lipinski definition) is 4. The van der Waals surface area contributed by atoms with E-state index in [0.717, 1.165) is 12.8 Å². The Morgan fingerprint density at radius 3 is 2.48 bits per heavy atom. The second-order valence-corrected chi connectivity index (χ2v) is 6.95. The Balaban J connectivity index is 2.13. The molecular formula is C20H18O7. The summed E-state index contributed by atoms with van der Waals surface area (Å²) in [7, 11) is 0. The van der Waals surface area contributed by atoms with Crippen LogP contribution in [0.25, 0.3) is 22.3 Å². The highest BCUT2D eigenvalue weighted by Crippen LogP contribution is 2.49. The molecule has 1 aromatic rings. The summed E-state index contributed by atoms with van der Waals surface area (Å²) in [6.45, 7) is 0. The maximum absolute atomic E-state index is 11.9. The van der Waals surface area contributed by atoms with Crippen LogP contribution in [-0.4, -0.2) is 26.4 Å². The summed E-state index contributed by atoms with van der Waals surface area (Å²) in [6.07, 6.45) is 2.79. The van der Waals surface area contributed by atoms with Gasteiger partial charge in [-0.15, -0.1) is 0 Å². The smallest absolute Gasteiger partial charge is 0.307 e. The molecule has 3 aliphatic rings. The Hall–Kier alpha value is -3.22. The molecule has 0 unspecified atom stereocenters. The normalized spacial score (nSPS) is 20.1. The highest BCUT2D eigenvalue weighted by molar-refractivity contribution is 5.95. The van der Waals surface area contributed by atoms with Crippen molar-refractivity contribution in [1.82, 2.24) is 0 Å². The zero-order chi connectivity index (χ0) is 19.3. The molecule has 7 nitrogen and oxygen atoms in total. The summed E-state index contributed by atoms with van der Waals surface area (Å²) in [5.74, 6) is -3.58. The van der Waals surface area contributed by atoms with Crippen molar-refractivity contribution in [2.24, 2.45) is 5.92 Å². The van der Waals surface area contributed by atoms with Crippen molar-refractivity contribution >= 4 is 16.9 Å². The highest BCUT2D eigenvalue weighted by Gasteiger charge is 2.36. The predicted octanol–water partition coefficient (Wildman–Crippen LogP) is 3.37. The molecule has 140 valence electrons. The van der Waals surface area contributed by atoms with Crippen LogP contribution in [0.2, 0.25) is 0 Å². The largest absolute Gasteiger partial charge is 0.504 e. The number of aromatic hydroxyl groups is 3. The maximum Gasteiger partial charge on any atom is 0.307 e. The third kappa shape index (κ3) is 2.58. The van der Waals surface area contributed by atoms with Crippen LogP contribution in [0.15, 0.2) is 33.5 Å². The molecule has 0 radical (unpaired) electrons. The Labute approximate surface area is 153 Å². The molecule has 0 amide bonds. The summed E-state index contributed by atoms with van der Waals surface area (Å²) in [5, 5.41) is 40.4. The molecule has 0 spiro atoms. The first-order valence-electron chi connectivity index (χ1n) is 8.76.